The maximum atomic E-state index is 13.0. The van der Waals surface area contributed by atoms with Gasteiger partial charge in [-0.05, 0) is 47.6 Å². The molecule has 0 bridgehead atoms. The zero-order valence-electron chi connectivity index (χ0n) is 15.4. The number of rotatable bonds is 3. The Balaban J connectivity index is 1.73. The molecular formula is C22H21NO3S. The van der Waals surface area contributed by atoms with Crippen molar-refractivity contribution in [3.05, 3.63) is 64.0 Å². The maximum Gasteiger partial charge on any atom is 0.341 e. The van der Waals surface area contributed by atoms with Gasteiger partial charge in [0.15, 0.2) is 0 Å². The number of methoxy groups -OCH3 is 1. The minimum Gasteiger partial charge on any atom is -0.465 e. The molecule has 0 unspecified atom stereocenters. The van der Waals surface area contributed by atoms with Gasteiger partial charge in [0.05, 0.1) is 12.7 Å². The highest BCUT2D eigenvalue weighted by atomic mass is 32.1. The van der Waals surface area contributed by atoms with Crippen LogP contribution in [0, 0.1) is 5.92 Å². The van der Waals surface area contributed by atoms with E-state index < -0.39 is 0 Å². The summed E-state index contributed by atoms with van der Waals surface area (Å²) >= 11 is 1.51. The van der Waals surface area contributed by atoms with Crippen LogP contribution in [0.1, 0.15) is 44.5 Å². The van der Waals surface area contributed by atoms with Gasteiger partial charge in [-0.25, -0.2) is 4.79 Å². The van der Waals surface area contributed by atoms with Crippen LogP contribution in [0.5, 0.6) is 0 Å². The smallest absolute Gasteiger partial charge is 0.341 e. The Morgan fingerprint density at radius 1 is 1.15 bits per heavy atom. The Labute approximate surface area is 162 Å². The maximum absolute atomic E-state index is 13.0. The second-order valence-corrected chi connectivity index (χ2v) is 8.13. The van der Waals surface area contributed by atoms with Crippen molar-refractivity contribution in [3.8, 4) is 0 Å². The van der Waals surface area contributed by atoms with Crippen molar-refractivity contribution in [1.82, 2.24) is 0 Å². The van der Waals surface area contributed by atoms with E-state index in [2.05, 4.69) is 12.2 Å². The normalized spacial score (nSPS) is 16.0. The highest BCUT2D eigenvalue weighted by Gasteiger charge is 2.29. The van der Waals surface area contributed by atoms with E-state index in [0.717, 1.165) is 35.6 Å². The number of amides is 1. The van der Waals surface area contributed by atoms with Crippen LogP contribution >= 0.6 is 11.3 Å². The fraction of sp³-hybridized carbons (Fsp3) is 0.273. The molecule has 4 rings (SSSR count). The fourth-order valence-corrected chi connectivity index (χ4v) is 5.14. The fourth-order valence-electron chi connectivity index (χ4n) is 3.75. The van der Waals surface area contributed by atoms with E-state index >= 15 is 0 Å². The van der Waals surface area contributed by atoms with Gasteiger partial charge >= 0.3 is 5.97 Å². The highest BCUT2D eigenvalue weighted by Crippen LogP contribution is 2.40. The van der Waals surface area contributed by atoms with Crippen LogP contribution in [0.2, 0.25) is 0 Å². The molecule has 3 aromatic rings. The molecule has 1 amide bonds. The molecule has 0 radical (unpaired) electrons. The number of fused-ring (bicyclic) bond motifs is 2. The molecule has 2 aromatic carbocycles. The number of carbonyl (C=O) groups excluding carboxylic acids is 2. The van der Waals surface area contributed by atoms with Gasteiger partial charge in [0.1, 0.15) is 5.00 Å². The monoisotopic (exact) mass is 379 g/mol. The molecular weight excluding hydrogens is 358 g/mol. The van der Waals surface area contributed by atoms with Crippen LogP contribution in [0.4, 0.5) is 5.00 Å². The Morgan fingerprint density at radius 2 is 1.93 bits per heavy atom. The molecule has 5 heteroatoms. The van der Waals surface area contributed by atoms with E-state index in [0.29, 0.717) is 22.0 Å². The third-order valence-electron chi connectivity index (χ3n) is 5.16. The number of esters is 1. The molecule has 138 valence electrons. The topological polar surface area (TPSA) is 55.4 Å². The van der Waals surface area contributed by atoms with Crippen LogP contribution < -0.4 is 5.32 Å². The lowest BCUT2D eigenvalue weighted by molar-refractivity contribution is 0.0601. The molecule has 0 aliphatic heterocycles. The lowest BCUT2D eigenvalue weighted by Gasteiger charge is -2.18. The zero-order chi connectivity index (χ0) is 19.0. The van der Waals surface area contributed by atoms with Gasteiger partial charge in [-0.1, -0.05) is 43.3 Å². The first-order chi connectivity index (χ1) is 13.1. The first-order valence-electron chi connectivity index (χ1n) is 9.10. The zero-order valence-corrected chi connectivity index (χ0v) is 16.2. The Morgan fingerprint density at radius 3 is 2.74 bits per heavy atom. The Bertz CT molecular complexity index is 1030. The standard InChI is InChI=1S/C22H21NO3S/c1-13-10-11-17-18(12-13)27-21(19(17)22(25)26-2)23-20(24)16-9-5-7-14-6-3-4-8-15(14)16/h3-9,13H,10-12H2,1-2H3,(H,23,24)/t13-/m1/s1. The first kappa shape index (κ1) is 17.7. The molecule has 1 aromatic heterocycles. The van der Waals surface area contributed by atoms with Crippen molar-refractivity contribution in [2.24, 2.45) is 5.92 Å². The van der Waals surface area contributed by atoms with Crippen LogP contribution in [-0.2, 0) is 17.6 Å². The summed E-state index contributed by atoms with van der Waals surface area (Å²) in [5.74, 6) is 0.00198. The van der Waals surface area contributed by atoms with E-state index in [4.69, 9.17) is 4.74 Å². The average molecular weight is 379 g/mol. The van der Waals surface area contributed by atoms with Crippen LogP contribution in [0.25, 0.3) is 10.8 Å². The van der Waals surface area contributed by atoms with E-state index in [1.807, 2.05) is 42.5 Å². The quantitative estimate of drug-likeness (QED) is 0.647. The van der Waals surface area contributed by atoms with E-state index in [1.165, 1.54) is 23.3 Å². The van der Waals surface area contributed by atoms with Crippen LogP contribution in [0.15, 0.2) is 42.5 Å². The van der Waals surface area contributed by atoms with E-state index in [9.17, 15) is 9.59 Å². The van der Waals surface area contributed by atoms with Crippen molar-refractivity contribution >= 4 is 39.0 Å². The van der Waals surface area contributed by atoms with Gasteiger partial charge in [0.25, 0.3) is 5.91 Å². The largest absolute Gasteiger partial charge is 0.465 e. The average Bonchev–Trinajstić information content (AvgIpc) is 3.03. The summed E-state index contributed by atoms with van der Waals surface area (Å²) in [6, 6.07) is 13.5. The molecule has 1 aliphatic carbocycles. The van der Waals surface area contributed by atoms with Gasteiger partial charge in [-0.2, -0.15) is 0 Å². The number of hydrogen-bond acceptors (Lipinski definition) is 4. The highest BCUT2D eigenvalue weighted by molar-refractivity contribution is 7.17. The summed E-state index contributed by atoms with van der Waals surface area (Å²) in [4.78, 5) is 26.6. The van der Waals surface area contributed by atoms with Crippen LogP contribution in [-0.4, -0.2) is 19.0 Å². The number of nitrogens with one attached hydrogen (secondary N) is 1. The lowest BCUT2D eigenvalue weighted by Crippen LogP contribution is -2.16. The summed E-state index contributed by atoms with van der Waals surface area (Å²) < 4.78 is 5.00. The summed E-state index contributed by atoms with van der Waals surface area (Å²) in [6.45, 7) is 2.22. The molecule has 0 spiro atoms. The van der Waals surface area contributed by atoms with Gasteiger partial charge in [-0.3, -0.25) is 4.79 Å². The first-order valence-corrected chi connectivity index (χ1v) is 9.92. The Kier molecular flexibility index (Phi) is 4.70. The SMILES string of the molecule is COC(=O)c1c(NC(=O)c2cccc3ccccc23)sc2c1CC[C@@H](C)C2. The predicted octanol–water partition coefficient (Wildman–Crippen LogP) is 5.07. The molecule has 1 heterocycles. The van der Waals surface area contributed by atoms with Crippen molar-refractivity contribution in [2.75, 3.05) is 12.4 Å². The molecule has 27 heavy (non-hydrogen) atoms. The van der Waals surface area contributed by atoms with E-state index in [1.54, 1.807) is 0 Å². The molecule has 0 saturated carbocycles. The molecule has 1 atom stereocenters. The van der Waals surface area contributed by atoms with Crippen molar-refractivity contribution in [1.29, 1.82) is 0 Å². The third kappa shape index (κ3) is 3.23. The third-order valence-corrected chi connectivity index (χ3v) is 6.33. The molecule has 1 aliphatic rings. The predicted molar refractivity (Wildman–Crippen MR) is 109 cm³/mol. The molecule has 0 fully saturated rings. The molecule has 1 N–H and O–H groups in total. The Hall–Kier alpha value is -2.66. The minimum absolute atomic E-state index is 0.205. The van der Waals surface area contributed by atoms with Gasteiger partial charge in [0.2, 0.25) is 0 Å². The van der Waals surface area contributed by atoms with Crippen molar-refractivity contribution in [2.45, 2.75) is 26.2 Å². The summed E-state index contributed by atoms with van der Waals surface area (Å²) in [5.41, 5.74) is 2.17. The number of benzene rings is 2. The lowest BCUT2D eigenvalue weighted by atomic mass is 9.88. The summed E-state index contributed by atoms with van der Waals surface area (Å²) in [6.07, 6.45) is 2.83. The van der Waals surface area contributed by atoms with Gasteiger partial charge < -0.3 is 10.1 Å². The van der Waals surface area contributed by atoms with Crippen LogP contribution in [0.3, 0.4) is 0 Å². The number of ether oxygens (including phenoxy) is 1. The summed E-state index contributed by atoms with van der Waals surface area (Å²) in [7, 11) is 1.38. The van der Waals surface area contributed by atoms with Gasteiger partial charge in [0, 0.05) is 10.4 Å². The second kappa shape index (κ2) is 7.16. The molecule has 4 nitrogen and oxygen atoms in total. The minimum atomic E-state index is -0.379. The number of carbonyl (C=O) groups is 2. The second-order valence-electron chi connectivity index (χ2n) is 7.03. The van der Waals surface area contributed by atoms with E-state index in [-0.39, 0.29) is 11.9 Å². The van der Waals surface area contributed by atoms with Gasteiger partial charge in [-0.15, -0.1) is 11.3 Å². The van der Waals surface area contributed by atoms with Crippen molar-refractivity contribution < 1.29 is 14.3 Å². The number of anilines is 1. The van der Waals surface area contributed by atoms with Crippen molar-refractivity contribution in [3.63, 3.8) is 0 Å². The number of thiophene rings is 1. The summed E-state index contributed by atoms with van der Waals surface area (Å²) in [5, 5.41) is 5.49. The molecule has 0 saturated heterocycles. The number of hydrogen-bond donors (Lipinski definition) is 1.